The number of aliphatic imine (C=N–C) groups is 1. The Balaban J connectivity index is 3.26. The van der Waals surface area contributed by atoms with Gasteiger partial charge < -0.3 is 16.0 Å². The number of hydrogen-bond donors (Lipinski definition) is 2. The lowest BCUT2D eigenvalue weighted by molar-refractivity contribution is 0.587. The highest BCUT2D eigenvalue weighted by molar-refractivity contribution is 7.70. The second kappa shape index (κ2) is 5.84. The van der Waals surface area contributed by atoms with Crippen molar-refractivity contribution in [1.82, 2.24) is 0 Å². The molecule has 0 unspecified atom stereocenters. The fraction of sp³-hybridized carbons (Fsp3) is 0.400. The van der Waals surface area contributed by atoms with Crippen molar-refractivity contribution in [2.24, 2.45) is 10.7 Å². The molecule has 0 radical (unpaired) electrons. The zero-order chi connectivity index (χ0) is 15.6. The highest BCUT2D eigenvalue weighted by Gasteiger charge is 2.16. The average Bonchev–Trinajstić information content (AvgIpc) is 2.28. The summed E-state index contributed by atoms with van der Waals surface area (Å²) in [7, 11) is -2.42. The molecule has 0 aliphatic carbocycles. The second-order valence-electron chi connectivity index (χ2n) is 6.18. The number of allylic oxidation sites excluding steroid dienone is 1. The molecular formula is C15H24N3OP. The molecule has 0 bridgehead atoms. The minimum Gasteiger partial charge on any atom is -0.404 e. The highest BCUT2D eigenvalue weighted by atomic mass is 31.2. The Morgan fingerprint density at radius 2 is 1.90 bits per heavy atom. The Bertz CT molecular complexity index is 592. The quantitative estimate of drug-likeness (QED) is 0.510. The first-order valence-electron chi connectivity index (χ1n) is 6.47. The summed E-state index contributed by atoms with van der Waals surface area (Å²) in [5, 5.41) is 0.679. The van der Waals surface area contributed by atoms with Gasteiger partial charge in [-0.2, -0.15) is 0 Å². The molecule has 110 valence electrons. The predicted octanol–water partition coefficient (Wildman–Crippen LogP) is 2.69. The van der Waals surface area contributed by atoms with Gasteiger partial charge >= 0.3 is 0 Å². The van der Waals surface area contributed by atoms with E-state index in [2.05, 4.69) is 4.99 Å². The van der Waals surface area contributed by atoms with E-state index in [4.69, 9.17) is 11.5 Å². The molecule has 0 aliphatic rings. The van der Waals surface area contributed by atoms with Crippen LogP contribution in [0, 0.1) is 0 Å². The van der Waals surface area contributed by atoms with Crippen LogP contribution in [-0.4, -0.2) is 25.1 Å². The molecule has 5 heteroatoms. The standard InChI is InChI=1S/C15H24N3OP/c1-15(2,3)18-10-12(9-16)11-6-7-13(17)14(8-11)20(4,5)19/h6-10H,16-17H2,1-5H3. The topological polar surface area (TPSA) is 81.5 Å². The average molecular weight is 293 g/mol. The molecule has 0 aromatic heterocycles. The summed E-state index contributed by atoms with van der Waals surface area (Å²) in [5.74, 6) is 0. The maximum absolute atomic E-state index is 12.3. The summed E-state index contributed by atoms with van der Waals surface area (Å²) in [6, 6.07) is 5.46. The van der Waals surface area contributed by atoms with Crippen molar-refractivity contribution in [3.63, 3.8) is 0 Å². The third-order valence-corrected chi connectivity index (χ3v) is 4.26. The van der Waals surface area contributed by atoms with Crippen LogP contribution in [0.25, 0.3) is 5.57 Å². The Morgan fingerprint density at radius 3 is 2.35 bits per heavy atom. The SMILES string of the molecule is CC(C)(C)N=CC(=CN)c1ccc(N)c(P(C)(C)=O)c1. The summed E-state index contributed by atoms with van der Waals surface area (Å²) in [4.78, 5) is 4.44. The van der Waals surface area contributed by atoms with Crippen molar-refractivity contribution in [1.29, 1.82) is 0 Å². The Labute approximate surface area is 121 Å². The van der Waals surface area contributed by atoms with Crippen LogP contribution in [0.4, 0.5) is 5.69 Å². The third-order valence-electron chi connectivity index (χ3n) is 2.71. The van der Waals surface area contributed by atoms with Gasteiger partial charge in [-0.05, 0) is 51.8 Å². The van der Waals surface area contributed by atoms with E-state index in [1.165, 1.54) is 6.20 Å². The van der Waals surface area contributed by atoms with Gasteiger partial charge in [-0.25, -0.2) is 0 Å². The van der Waals surface area contributed by atoms with Crippen LogP contribution >= 0.6 is 7.14 Å². The lowest BCUT2D eigenvalue weighted by Gasteiger charge is -2.14. The number of nitrogens with two attached hydrogens (primary N) is 2. The lowest BCUT2D eigenvalue weighted by atomic mass is 10.1. The molecular weight excluding hydrogens is 269 g/mol. The van der Waals surface area contributed by atoms with Crippen LogP contribution in [0.3, 0.4) is 0 Å². The molecule has 0 aliphatic heterocycles. The fourth-order valence-corrected chi connectivity index (χ4v) is 2.81. The van der Waals surface area contributed by atoms with Crippen molar-refractivity contribution in [3.8, 4) is 0 Å². The first-order valence-corrected chi connectivity index (χ1v) is 9.07. The van der Waals surface area contributed by atoms with Crippen molar-refractivity contribution < 1.29 is 4.57 Å². The largest absolute Gasteiger partial charge is 0.404 e. The van der Waals surface area contributed by atoms with Crippen LogP contribution in [0.5, 0.6) is 0 Å². The number of benzene rings is 1. The van der Waals surface area contributed by atoms with E-state index in [0.29, 0.717) is 11.0 Å². The summed E-state index contributed by atoms with van der Waals surface area (Å²) in [6.07, 6.45) is 3.24. The Kier molecular flexibility index (Phi) is 4.82. The smallest absolute Gasteiger partial charge is 0.111 e. The van der Waals surface area contributed by atoms with E-state index in [1.807, 2.05) is 32.9 Å². The molecule has 1 aromatic carbocycles. The zero-order valence-corrected chi connectivity index (χ0v) is 13.7. The second-order valence-corrected chi connectivity index (χ2v) is 9.36. The minimum absolute atomic E-state index is 0.171. The molecule has 0 heterocycles. The van der Waals surface area contributed by atoms with Crippen molar-refractivity contribution in [3.05, 3.63) is 30.0 Å². The Hall–Kier alpha value is -1.54. The van der Waals surface area contributed by atoms with Gasteiger partial charge in [0.15, 0.2) is 0 Å². The normalized spacial score (nSPS) is 13.9. The first-order chi connectivity index (χ1) is 9.04. The zero-order valence-electron chi connectivity index (χ0n) is 12.8. The van der Waals surface area contributed by atoms with Gasteiger partial charge in [0.1, 0.15) is 7.14 Å². The van der Waals surface area contributed by atoms with E-state index in [1.54, 1.807) is 25.6 Å². The molecule has 0 fully saturated rings. The van der Waals surface area contributed by atoms with Gasteiger partial charge in [0, 0.05) is 29.0 Å². The summed E-state index contributed by atoms with van der Waals surface area (Å²) in [6.45, 7) is 9.45. The summed E-state index contributed by atoms with van der Waals surface area (Å²) in [5.41, 5.74) is 13.6. The molecule has 0 amide bonds. The molecule has 0 spiro atoms. The van der Waals surface area contributed by atoms with Crippen LogP contribution in [0.1, 0.15) is 26.3 Å². The summed E-state index contributed by atoms with van der Waals surface area (Å²) >= 11 is 0. The van der Waals surface area contributed by atoms with E-state index < -0.39 is 7.14 Å². The number of rotatable bonds is 3. The van der Waals surface area contributed by atoms with Crippen molar-refractivity contribution >= 4 is 29.9 Å². The summed E-state index contributed by atoms with van der Waals surface area (Å²) < 4.78 is 12.3. The number of nitrogens with zero attached hydrogens (tertiary/aromatic N) is 1. The number of hydrogen-bond acceptors (Lipinski definition) is 4. The highest BCUT2D eigenvalue weighted by Crippen LogP contribution is 2.37. The predicted molar refractivity (Wildman–Crippen MR) is 90.4 cm³/mol. The van der Waals surface area contributed by atoms with Gasteiger partial charge in [0.25, 0.3) is 0 Å². The number of nitrogen functional groups attached to an aromatic ring is 1. The monoisotopic (exact) mass is 293 g/mol. The first kappa shape index (κ1) is 16.5. The van der Waals surface area contributed by atoms with E-state index in [-0.39, 0.29) is 5.54 Å². The minimum atomic E-state index is -2.42. The van der Waals surface area contributed by atoms with Crippen LogP contribution in [-0.2, 0) is 4.57 Å². The van der Waals surface area contributed by atoms with Crippen molar-refractivity contribution in [2.45, 2.75) is 26.3 Å². The molecule has 4 N–H and O–H groups in total. The number of anilines is 1. The molecule has 0 saturated carbocycles. The van der Waals surface area contributed by atoms with Gasteiger partial charge in [0.2, 0.25) is 0 Å². The molecule has 0 atom stereocenters. The van der Waals surface area contributed by atoms with Crippen LogP contribution in [0.2, 0.25) is 0 Å². The Morgan fingerprint density at radius 1 is 1.30 bits per heavy atom. The lowest BCUT2D eigenvalue weighted by Crippen LogP contribution is -2.12. The van der Waals surface area contributed by atoms with Gasteiger partial charge in [-0.1, -0.05) is 6.07 Å². The van der Waals surface area contributed by atoms with Crippen LogP contribution < -0.4 is 16.8 Å². The molecule has 1 aromatic rings. The molecule has 4 nitrogen and oxygen atoms in total. The van der Waals surface area contributed by atoms with E-state index >= 15 is 0 Å². The van der Waals surface area contributed by atoms with Gasteiger partial charge in [-0.15, -0.1) is 0 Å². The van der Waals surface area contributed by atoms with Crippen molar-refractivity contribution in [2.75, 3.05) is 19.1 Å². The molecule has 1 rings (SSSR count). The fourth-order valence-electron chi connectivity index (χ4n) is 1.67. The molecule has 0 saturated heterocycles. The van der Waals surface area contributed by atoms with E-state index in [0.717, 1.165) is 11.1 Å². The van der Waals surface area contributed by atoms with Crippen LogP contribution in [0.15, 0.2) is 29.4 Å². The molecule has 20 heavy (non-hydrogen) atoms. The van der Waals surface area contributed by atoms with Gasteiger partial charge in [-0.3, -0.25) is 4.99 Å². The maximum atomic E-state index is 12.3. The third kappa shape index (κ3) is 4.53. The van der Waals surface area contributed by atoms with E-state index in [9.17, 15) is 4.57 Å². The maximum Gasteiger partial charge on any atom is 0.111 e. The van der Waals surface area contributed by atoms with Gasteiger partial charge in [0.05, 0.1) is 5.54 Å².